The summed E-state index contributed by atoms with van der Waals surface area (Å²) >= 11 is 1.42. The molecule has 0 bridgehead atoms. The molecule has 0 aliphatic carbocycles. The van der Waals surface area contributed by atoms with Crippen molar-refractivity contribution in [2.24, 2.45) is 0 Å². The smallest absolute Gasteiger partial charge is 0.338 e. The molecular weight excluding hydrogens is 432 g/mol. The van der Waals surface area contributed by atoms with Crippen molar-refractivity contribution in [1.29, 1.82) is 0 Å². The average molecular weight is 459 g/mol. The molecule has 1 aliphatic heterocycles. The Hall–Kier alpha value is -2.84. The second-order valence-electron chi connectivity index (χ2n) is 7.21. The summed E-state index contributed by atoms with van der Waals surface area (Å²) in [5.74, 6) is -1.07. The summed E-state index contributed by atoms with van der Waals surface area (Å²) in [6.07, 6.45) is -3.56. The monoisotopic (exact) mass is 458 g/mol. The normalized spacial score (nSPS) is 24.9. The maximum atomic E-state index is 12.9. The van der Waals surface area contributed by atoms with Crippen LogP contribution in [0.5, 0.6) is 0 Å². The molecule has 32 heavy (non-hydrogen) atoms. The Balaban J connectivity index is 1.93. The van der Waals surface area contributed by atoms with Gasteiger partial charge in [0, 0.05) is 6.92 Å². The van der Waals surface area contributed by atoms with Gasteiger partial charge in [0.1, 0.15) is 5.44 Å². The molecule has 0 aromatic heterocycles. The van der Waals surface area contributed by atoms with Crippen LogP contribution >= 0.6 is 11.8 Å². The van der Waals surface area contributed by atoms with Crippen molar-refractivity contribution >= 4 is 29.7 Å². The number of ether oxygens (including phenoxy) is 4. The molecule has 0 saturated carbocycles. The van der Waals surface area contributed by atoms with E-state index in [4.69, 9.17) is 18.9 Å². The van der Waals surface area contributed by atoms with Crippen LogP contribution in [0.3, 0.4) is 0 Å². The second kappa shape index (κ2) is 11.2. The largest absolute Gasteiger partial charge is 0.456 e. The lowest BCUT2D eigenvalue weighted by Gasteiger charge is -2.43. The summed E-state index contributed by atoms with van der Waals surface area (Å²) in [6, 6.07) is 17.0. The van der Waals surface area contributed by atoms with E-state index in [0.717, 1.165) is 0 Å². The molecule has 0 spiro atoms. The van der Waals surface area contributed by atoms with Gasteiger partial charge in [-0.15, -0.1) is 11.8 Å². The lowest BCUT2D eigenvalue weighted by Crippen LogP contribution is -2.59. The summed E-state index contributed by atoms with van der Waals surface area (Å²) in [7, 11) is 0. The van der Waals surface area contributed by atoms with Crippen LogP contribution in [0.2, 0.25) is 0 Å². The SMILES string of the molecule is CCS[C@@H]1O[C@@H](C)[C@H](OC(C)=O)[C@@H](OC(=O)c2ccccc2)[C@H]1OC(=O)c1ccccc1. The Morgan fingerprint density at radius 3 is 1.78 bits per heavy atom. The molecule has 170 valence electrons. The standard InChI is InChI=1S/C24H26O7S/c1-4-32-24-21(31-23(27)18-13-9-6-10-14-18)20(19(15(2)28-24)29-16(3)25)30-22(26)17-11-7-5-8-12-17/h5-15,19-21,24H,4H2,1-3H3/t15-,19-,20+,21+,24-/m0/s1. The summed E-state index contributed by atoms with van der Waals surface area (Å²) < 4.78 is 23.1. The molecule has 1 saturated heterocycles. The minimum atomic E-state index is -1.05. The van der Waals surface area contributed by atoms with Gasteiger partial charge >= 0.3 is 17.9 Å². The second-order valence-corrected chi connectivity index (χ2v) is 8.59. The van der Waals surface area contributed by atoms with Gasteiger partial charge in [0.25, 0.3) is 0 Å². The topological polar surface area (TPSA) is 88.1 Å². The Bertz CT molecular complexity index is 918. The summed E-state index contributed by atoms with van der Waals surface area (Å²) in [5.41, 5.74) is 0.0765. The van der Waals surface area contributed by atoms with Gasteiger partial charge in [-0.3, -0.25) is 4.79 Å². The molecule has 8 heteroatoms. The molecule has 7 nitrogen and oxygen atoms in total. The third-order valence-electron chi connectivity index (χ3n) is 4.87. The maximum absolute atomic E-state index is 12.9. The fourth-order valence-electron chi connectivity index (χ4n) is 3.42. The Morgan fingerprint density at radius 1 is 0.812 bits per heavy atom. The number of esters is 3. The van der Waals surface area contributed by atoms with Gasteiger partial charge in [0.05, 0.1) is 17.2 Å². The van der Waals surface area contributed by atoms with Crippen LogP contribution in [0.15, 0.2) is 60.7 Å². The van der Waals surface area contributed by atoms with Gasteiger partial charge in [-0.1, -0.05) is 43.3 Å². The maximum Gasteiger partial charge on any atom is 0.338 e. The number of hydrogen-bond acceptors (Lipinski definition) is 8. The van der Waals surface area contributed by atoms with Crippen molar-refractivity contribution in [2.45, 2.75) is 50.6 Å². The first-order valence-electron chi connectivity index (χ1n) is 10.4. The Kier molecular flexibility index (Phi) is 8.30. The molecule has 1 heterocycles. The van der Waals surface area contributed by atoms with E-state index in [1.165, 1.54) is 18.7 Å². The molecule has 0 radical (unpaired) electrons. The fourth-order valence-corrected chi connectivity index (χ4v) is 4.40. The highest BCUT2D eigenvalue weighted by Gasteiger charge is 2.50. The van der Waals surface area contributed by atoms with Gasteiger partial charge in [-0.2, -0.15) is 0 Å². The third-order valence-corrected chi connectivity index (χ3v) is 5.91. The summed E-state index contributed by atoms with van der Waals surface area (Å²) in [6.45, 7) is 4.94. The molecular formula is C24H26O7S. The van der Waals surface area contributed by atoms with Crippen molar-refractivity contribution in [3.05, 3.63) is 71.8 Å². The van der Waals surface area contributed by atoms with E-state index >= 15 is 0 Å². The van der Waals surface area contributed by atoms with Crippen molar-refractivity contribution < 1.29 is 33.3 Å². The van der Waals surface area contributed by atoms with E-state index in [0.29, 0.717) is 16.9 Å². The van der Waals surface area contributed by atoms with Crippen LogP contribution in [-0.2, 0) is 23.7 Å². The van der Waals surface area contributed by atoms with E-state index < -0.39 is 47.8 Å². The highest BCUT2D eigenvalue weighted by molar-refractivity contribution is 7.99. The lowest BCUT2D eigenvalue weighted by atomic mass is 9.99. The molecule has 1 aliphatic rings. The summed E-state index contributed by atoms with van der Waals surface area (Å²) in [4.78, 5) is 37.5. The Labute approximate surface area is 191 Å². The van der Waals surface area contributed by atoms with Crippen molar-refractivity contribution in [3.8, 4) is 0 Å². The molecule has 2 aromatic carbocycles. The molecule has 5 atom stereocenters. The van der Waals surface area contributed by atoms with E-state index in [9.17, 15) is 14.4 Å². The molecule has 0 unspecified atom stereocenters. The fraction of sp³-hybridized carbons (Fsp3) is 0.375. The highest BCUT2D eigenvalue weighted by Crippen LogP contribution is 2.34. The third kappa shape index (κ3) is 5.89. The van der Waals surface area contributed by atoms with E-state index in [1.54, 1.807) is 67.6 Å². The first-order chi connectivity index (χ1) is 15.4. The predicted molar refractivity (Wildman–Crippen MR) is 119 cm³/mol. The van der Waals surface area contributed by atoms with Gasteiger partial charge in [-0.25, -0.2) is 9.59 Å². The number of thioether (sulfide) groups is 1. The van der Waals surface area contributed by atoms with Gasteiger partial charge in [-0.05, 0) is 36.9 Å². The van der Waals surface area contributed by atoms with Crippen LogP contribution in [-0.4, -0.2) is 53.5 Å². The van der Waals surface area contributed by atoms with Gasteiger partial charge < -0.3 is 18.9 Å². The van der Waals surface area contributed by atoms with Crippen molar-refractivity contribution in [2.75, 3.05) is 5.75 Å². The number of carbonyl (C=O) groups excluding carboxylic acids is 3. The number of benzene rings is 2. The average Bonchev–Trinajstić information content (AvgIpc) is 2.79. The number of carbonyl (C=O) groups is 3. The quantitative estimate of drug-likeness (QED) is 0.456. The first kappa shape index (κ1) is 23.8. The number of rotatable bonds is 7. The van der Waals surface area contributed by atoms with Crippen LogP contribution in [0.1, 0.15) is 41.5 Å². The molecule has 2 aromatic rings. The minimum absolute atomic E-state index is 0.334. The van der Waals surface area contributed by atoms with E-state index in [2.05, 4.69) is 0 Å². The van der Waals surface area contributed by atoms with E-state index in [-0.39, 0.29) is 0 Å². The minimum Gasteiger partial charge on any atom is -0.456 e. The van der Waals surface area contributed by atoms with Crippen molar-refractivity contribution in [1.82, 2.24) is 0 Å². The zero-order valence-electron chi connectivity index (χ0n) is 18.1. The van der Waals surface area contributed by atoms with Crippen LogP contribution < -0.4 is 0 Å². The molecule has 0 amide bonds. The zero-order chi connectivity index (χ0) is 23.1. The van der Waals surface area contributed by atoms with Gasteiger partial charge in [0.15, 0.2) is 18.3 Å². The van der Waals surface area contributed by atoms with Crippen LogP contribution in [0.4, 0.5) is 0 Å². The molecule has 0 N–H and O–H groups in total. The molecule has 1 fully saturated rings. The zero-order valence-corrected chi connectivity index (χ0v) is 18.9. The lowest BCUT2D eigenvalue weighted by molar-refractivity contribution is -0.210. The van der Waals surface area contributed by atoms with Crippen molar-refractivity contribution in [3.63, 3.8) is 0 Å². The van der Waals surface area contributed by atoms with E-state index in [1.807, 2.05) is 6.92 Å². The predicted octanol–water partition coefficient (Wildman–Crippen LogP) is 3.87. The van der Waals surface area contributed by atoms with Gasteiger partial charge in [0.2, 0.25) is 0 Å². The number of hydrogen-bond donors (Lipinski definition) is 0. The summed E-state index contributed by atoms with van der Waals surface area (Å²) in [5, 5.41) is 0. The highest BCUT2D eigenvalue weighted by atomic mass is 32.2. The molecule has 3 rings (SSSR count). The first-order valence-corrected chi connectivity index (χ1v) is 11.4. The Morgan fingerprint density at radius 2 is 1.31 bits per heavy atom. The van der Waals surface area contributed by atoms with Crippen LogP contribution in [0, 0.1) is 0 Å². The van der Waals surface area contributed by atoms with Crippen LogP contribution in [0.25, 0.3) is 0 Å².